The van der Waals surface area contributed by atoms with Gasteiger partial charge in [0.2, 0.25) is 5.91 Å². The topological polar surface area (TPSA) is 44.8 Å². The molecule has 0 spiro atoms. The van der Waals surface area contributed by atoms with E-state index < -0.39 is 0 Å². The third kappa shape index (κ3) is 5.10. The van der Waals surface area contributed by atoms with Gasteiger partial charge in [0.1, 0.15) is 5.75 Å². The molecule has 4 rings (SSSR count). The van der Waals surface area contributed by atoms with Crippen molar-refractivity contribution in [2.45, 2.75) is 26.3 Å². The number of carbonyl (C=O) groups excluding carboxylic acids is 1. The number of ether oxygens (including phenoxy) is 1. The molecule has 2 heterocycles. The van der Waals surface area contributed by atoms with E-state index in [0.29, 0.717) is 19.1 Å². The molecular formula is C24H31N3O2. The van der Waals surface area contributed by atoms with Crippen LogP contribution in [0.2, 0.25) is 0 Å². The molecule has 0 aliphatic carbocycles. The van der Waals surface area contributed by atoms with E-state index in [-0.39, 0.29) is 5.91 Å². The molecule has 0 saturated carbocycles. The van der Waals surface area contributed by atoms with Gasteiger partial charge in [-0.25, -0.2) is 0 Å². The van der Waals surface area contributed by atoms with Crippen LogP contribution < -0.4 is 15.0 Å². The van der Waals surface area contributed by atoms with Crippen LogP contribution in [0.4, 0.5) is 5.69 Å². The van der Waals surface area contributed by atoms with Gasteiger partial charge in [-0.1, -0.05) is 24.3 Å². The zero-order valence-corrected chi connectivity index (χ0v) is 17.3. The Balaban J connectivity index is 1.23. The molecule has 5 nitrogen and oxygen atoms in total. The molecule has 2 aliphatic rings. The molecule has 1 N–H and O–H groups in total. The Morgan fingerprint density at radius 2 is 2.00 bits per heavy atom. The van der Waals surface area contributed by atoms with Crippen molar-refractivity contribution in [2.75, 3.05) is 44.2 Å². The molecule has 0 aromatic heterocycles. The van der Waals surface area contributed by atoms with E-state index in [1.54, 1.807) is 0 Å². The highest BCUT2D eigenvalue weighted by atomic mass is 16.5. The largest absolute Gasteiger partial charge is 0.494 e. The van der Waals surface area contributed by atoms with Crippen LogP contribution in [0.25, 0.3) is 0 Å². The third-order valence-electron chi connectivity index (χ3n) is 5.94. The Labute approximate surface area is 173 Å². The lowest BCUT2D eigenvalue weighted by atomic mass is 9.99. The summed E-state index contributed by atoms with van der Waals surface area (Å²) in [5, 5.41) is 3.17. The molecule has 1 fully saturated rings. The number of nitrogens with one attached hydrogen (secondary N) is 1. The number of fused-ring (bicyclic) bond motifs is 1. The second-order valence-electron chi connectivity index (χ2n) is 8.06. The monoisotopic (exact) mass is 393 g/mol. The van der Waals surface area contributed by atoms with Gasteiger partial charge in [0.05, 0.1) is 13.2 Å². The molecule has 0 bridgehead atoms. The first-order valence-electron chi connectivity index (χ1n) is 10.7. The lowest BCUT2D eigenvalue weighted by Gasteiger charge is -2.28. The molecule has 2 aromatic rings. The average Bonchev–Trinajstić information content (AvgIpc) is 3.22. The minimum atomic E-state index is 0.132. The Kier molecular flexibility index (Phi) is 6.35. The minimum absolute atomic E-state index is 0.132. The Bertz CT molecular complexity index is 824. The maximum atomic E-state index is 12.5. The van der Waals surface area contributed by atoms with Gasteiger partial charge in [0.15, 0.2) is 0 Å². The van der Waals surface area contributed by atoms with Crippen LogP contribution in [-0.4, -0.2) is 50.1 Å². The van der Waals surface area contributed by atoms with E-state index >= 15 is 0 Å². The lowest BCUT2D eigenvalue weighted by Crippen LogP contribution is -2.41. The Morgan fingerprint density at radius 3 is 2.83 bits per heavy atom. The van der Waals surface area contributed by atoms with Crippen LogP contribution in [0, 0.1) is 5.92 Å². The molecule has 1 unspecified atom stereocenters. The molecule has 154 valence electrons. The molecule has 2 aliphatic heterocycles. The quantitative estimate of drug-likeness (QED) is 0.785. The number of carbonyl (C=O) groups is 1. The summed E-state index contributed by atoms with van der Waals surface area (Å²) in [7, 11) is 0. The number of hydrogen-bond donors (Lipinski definition) is 1. The van der Waals surface area contributed by atoms with Crippen LogP contribution in [0.3, 0.4) is 0 Å². The normalized spacial score (nSPS) is 19.1. The summed E-state index contributed by atoms with van der Waals surface area (Å²) in [5.41, 5.74) is 3.93. The van der Waals surface area contributed by atoms with Gasteiger partial charge in [0.25, 0.3) is 0 Å². The van der Waals surface area contributed by atoms with E-state index in [1.165, 1.54) is 16.8 Å². The van der Waals surface area contributed by atoms with Crippen LogP contribution in [0.1, 0.15) is 24.5 Å². The van der Waals surface area contributed by atoms with E-state index in [1.807, 2.05) is 19.1 Å². The highest BCUT2D eigenvalue weighted by Crippen LogP contribution is 2.24. The van der Waals surface area contributed by atoms with E-state index in [4.69, 9.17) is 4.74 Å². The molecule has 0 radical (unpaired) electrons. The summed E-state index contributed by atoms with van der Waals surface area (Å²) >= 11 is 0. The molecule has 1 saturated heterocycles. The van der Waals surface area contributed by atoms with Gasteiger partial charge < -0.3 is 15.0 Å². The number of nitrogens with zero attached hydrogens (tertiary/aromatic N) is 2. The fraction of sp³-hybridized carbons (Fsp3) is 0.458. The van der Waals surface area contributed by atoms with Gasteiger partial charge in [-0.05, 0) is 61.1 Å². The number of hydrogen-bond acceptors (Lipinski definition) is 4. The zero-order valence-electron chi connectivity index (χ0n) is 17.3. The summed E-state index contributed by atoms with van der Waals surface area (Å²) in [6.07, 6.45) is 2.12. The number of benzene rings is 2. The van der Waals surface area contributed by atoms with Crippen molar-refractivity contribution < 1.29 is 9.53 Å². The summed E-state index contributed by atoms with van der Waals surface area (Å²) in [5.74, 6) is 1.57. The van der Waals surface area contributed by atoms with Crippen molar-refractivity contribution in [3.05, 3.63) is 59.7 Å². The number of amides is 1. The smallest absolute Gasteiger partial charge is 0.234 e. The van der Waals surface area contributed by atoms with Crippen molar-refractivity contribution in [3.63, 3.8) is 0 Å². The van der Waals surface area contributed by atoms with Crippen molar-refractivity contribution in [1.82, 2.24) is 10.2 Å². The number of para-hydroxylation sites is 1. The summed E-state index contributed by atoms with van der Waals surface area (Å²) in [4.78, 5) is 17.2. The van der Waals surface area contributed by atoms with E-state index in [2.05, 4.69) is 51.5 Å². The molecule has 1 atom stereocenters. The highest BCUT2D eigenvalue weighted by molar-refractivity contribution is 5.78. The van der Waals surface area contributed by atoms with Crippen molar-refractivity contribution in [3.8, 4) is 5.75 Å². The standard InChI is InChI=1S/C24H31N3O2/c1-2-29-23-9-8-20-11-12-26(17-21(20)14-23)18-24(28)25-15-19-10-13-27(16-19)22-6-4-3-5-7-22/h3-9,14,19H,2,10-13,15-18H2,1H3,(H,25,28). The molecule has 29 heavy (non-hydrogen) atoms. The maximum Gasteiger partial charge on any atom is 0.234 e. The first-order chi connectivity index (χ1) is 14.2. The lowest BCUT2D eigenvalue weighted by molar-refractivity contribution is -0.122. The third-order valence-corrected chi connectivity index (χ3v) is 5.94. The fourth-order valence-corrected chi connectivity index (χ4v) is 4.37. The maximum absolute atomic E-state index is 12.5. The first-order valence-corrected chi connectivity index (χ1v) is 10.7. The molecular weight excluding hydrogens is 362 g/mol. The number of anilines is 1. The molecule has 2 aromatic carbocycles. The van der Waals surface area contributed by atoms with Crippen molar-refractivity contribution in [2.24, 2.45) is 5.92 Å². The van der Waals surface area contributed by atoms with E-state index in [9.17, 15) is 4.79 Å². The summed E-state index contributed by atoms with van der Waals surface area (Å²) in [6.45, 7) is 7.73. The van der Waals surface area contributed by atoms with Crippen LogP contribution in [-0.2, 0) is 17.8 Å². The van der Waals surface area contributed by atoms with Crippen LogP contribution >= 0.6 is 0 Å². The summed E-state index contributed by atoms with van der Waals surface area (Å²) < 4.78 is 5.62. The van der Waals surface area contributed by atoms with E-state index in [0.717, 1.165) is 51.3 Å². The van der Waals surface area contributed by atoms with Gasteiger partial charge in [-0.15, -0.1) is 0 Å². The SMILES string of the molecule is CCOc1ccc2c(c1)CN(CC(=O)NCC1CCN(c3ccccc3)C1)CC2. The Morgan fingerprint density at radius 1 is 1.14 bits per heavy atom. The van der Waals surface area contributed by atoms with Gasteiger partial charge >= 0.3 is 0 Å². The first kappa shape index (κ1) is 19.8. The van der Waals surface area contributed by atoms with Crippen molar-refractivity contribution in [1.29, 1.82) is 0 Å². The van der Waals surface area contributed by atoms with Gasteiger partial charge in [0, 0.05) is 38.4 Å². The molecule has 1 amide bonds. The number of rotatable bonds is 7. The van der Waals surface area contributed by atoms with Crippen LogP contribution in [0.5, 0.6) is 5.75 Å². The minimum Gasteiger partial charge on any atom is -0.494 e. The summed E-state index contributed by atoms with van der Waals surface area (Å²) in [6, 6.07) is 16.9. The van der Waals surface area contributed by atoms with Gasteiger partial charge in [-0.3, -0.25) is 9.69 Å². The fourth-order valence-electron chi connectivity index (χ4n) is 4.37. The predicted molar refractivity (Wildman–Crippen MR) is 116 cm³/mol. The van der Waals surface area contributed by atoms with Gasteiger partial charge in [-0.2, -0.15) is 0 Å². The Hall–Kier alpha value is -2.53. The van der Waals surface area contributed by atoms with Crippen LogP contribution in [0.15, 0.2) is 48.5 Å². The zero-order chi connectivity index (χ0) is 20.1. The average molecular weight is 394 g/mol. The second kappa shape index (κ2) is 9.31. The highest BCUT2D eigenvalue weighted by Gasteiger charge is 2.24. The van der Waals surface area contributed by atoms with Crippen molar-refractivity contribution >= 4 is 11.6 Å². The molecule has 5 heteroatoms. The second-order valence-corrected chi connectivity index (χ2v) is 8.06. The predicted octanol–water partition coefficient (Wildman–Crippen LogP) is 3.09.